The van der Waals surface area contributed by atoms with Crippen molar-refractivity contribution in [3.8, 4) is 0 Å². The van der Waals surface area contributed by atoms with Gasteiger partial charge in [0.1, 0.15) is 0 Å². The number of aryl methyl sites for hydroxylation is 2. The van der Waals surface area contributed by atoms with Crippen molar-refractivity contribution in [3.63, 3.8) is 0 Å². The van der Waals surface area contributed by atoms with E-state index in [4.69, 9.17) is 4.74 Å². The van der Waals surface area contributed by atoms with Crippen molar-refractivity contribution in [2.45, 2.75) is 39.8 Å². The molecule has 31 heavy (non-hydrogen) atoms. The molecule has 8 nitrogen and oxygen atoms in total. The summed E-state index contributed by atoms with van der Waals surface area (Å²) >= 11 is 0. The number of benzene rings is 1. The Kier molecular flexibility index (Phi) is 6.23. The summed E-state index contributed by atoms with van der Waals surface area (Å²) in [5, 5.41) is 6.15. The summed E-state index contributed by atoms with van der Waals surface area (Å²) in [6.07, 6.45) is -4.10. The van der Waals surface area contributed by atoms with Crippen LogP contribution in [0.1, 0.15) is 46.5 Å². The van der Waals surface area contributed by atoms with Crippen molar-refractivity contribution in [1.29, 1.82) is 0 Å². The van der Waals surface area contributed by atoms with Gasteiger partial charge in [-0.2, -0.15) is 18.2 Å². The van der Waals surface area contributed by atoms with E-state index in [1.165, 1.54) is 12.1 Å². The maximum Gasteiger partial charge on any atom is 0.453 e. The van der Waals surface area contributed by atoms with Gasteiger partial charge in [0.2, 0.25) is 5.91 Å². The number of carbonyl (C=O) groups excluding carboxylic acids is 2. The van der Waals surface area contributed by atoms with Crippen LogP contribution in [0, 0.1) is 13.8 Å². The molecule has 2 aromatic heterocycles. The third-order valence-corrected chi connectivity index (χ3v) is 4.48. The Morgan fingerprint density at radius 3 is 2.42 bits per heavy atom. The van der Waals surface area contributed by atoms with E-state index in [0.29, 0.717) is 41.2 Å². The molecule has 0 saturated heterocycles. The zero-order valence-electron chi connectivity index (χ0n) is 17.1. The van der Waals surface area contributed by atoms with Crippen LogP contribution in [-0.4, -0.2) is 38.1 Å². The molecule has 1 aromatic carbocycles. The number of alkyl halides is 3. The fourth-order valence-electron chi connectivity index (χ4n) is 2.92. The highest BCUT2D eigenvalue weighted by molar-refractivity contribution is 5.94. The number of rotatable bonds is 6. The van der Waals surface area contributed by atoms with E-state index in [0.717, 1.165) is 4.52 Å². The van der Waals surface area contributed by atoms with E-state index in [2.05, 4.69) is 20.4 Å². The zero-order chi connectivity index (χ0) is 22.8. The number of aromatic nitrogens is 4. The molecular formula is C20H20F3N5O3. The van der Waals surface area contributed by atoms with Crippen molar-refractivity contribution in [3.05, 3.63) is 52.6 Å². The summed E-state index contributed by atoms with van der Waals surface area (Å²) in [7, 11) is 0. The SMILES string of the molecule is CCCOC(=O)c1ccc(NC(=O)Cc2c(C)nc3nc(C(F)(F)F)nn3c2C)cc1. The summed E-state index contributed by atoms with van der Waals surface area (Å²) in [6.45, 7) is 5.36. The highest BCUT2D eigenvalue weighted by Crippen LogP contribution is 2.27. The third-order valence-electron chi connectivity index (χ3n) is 4.48. The molecule has 2 heterocycles. The lowest BCUT2D eigenvalue weighted by atomic mass is 10.1. The Morgan fingerprint density at radius 1 is 1.13 bits per heavy atom. The Balaban J connectivity index is 1.75. The summed E-state index contributed by atoms with van der Waals surface area (Å²) in [6, 6.07) is 6.20. The number of halogens is 3. The molecule has 0 spiro atoms. The summed E-state index contributed by atoms with van der Waals surface area (Å²) < 4.78 is 44.7. The molecule has 0 saturated carbocycles. The number of ether oxygens (including phenoxy) is 1. The number of fused-ring (bicyclic) bond motifs is 1. The van der Waals surface area contributed by atoms with Gasteiger partial charge in [0.05, 0.1) is 18.6 Å². The summed E-state index contributed by atoms with van der Waals surface area (Å²) in [4.78, 5) is 31.8. The van der Waals surface area contributed by atoms with Crippen LogP contribution in [0.15, 0.2) is 24.3 Å². The molecule has 1 N–H and O–H groups in total. The second-order valence-corrected chi connectivity index (χ2v) is 6.84. The van der Waals surface area contributed by atoms with Crippen LogP contribution in [0.3, 0.4) is 0 Å². The molecule has 3 aromatic rings. The second-order valence-electron chi connectivity index (χ2n) is 6.84. The Bertz CT molecular complexity index is 1120. The maximum atomic E-state index is 12.9. The van der Waals surface area contributed by atoms with Gasteiger partial charge in [-0.3, -0.25) is 4.79 Å². The predicted molar refractivity (Wildman–Crippen MR) is 105 cm³/mol. The summed E-state index contributed by atoms with van der Waals surface area (Å²) in [5.41, 5.74) is 1.99. The highest BCUT2D eigenvalue weighted by atomic mass is 19.4. The molecule has 0 unspecified atom stereocenters. The van der Waals surface area contributed by atoms with Crippen LogP contribution in [-0.2, 0) is 22.1 Å². The van der Waals surface area contributed by atoms with Crippen LogP contribution in [0.2, 0.25) is 0 Å². The van der Waals surface area contributed by atoms with Gasteiger partial charge in [-0.05, 0) is 44.5 Å². The van der Waals surface area contributed by atoms with E-state index in [9.17, 15) is 22.8 Å². The van der Waals surface area contributed by atoms with Crippen molar-refractivity contribution in [2.75, 3.05) is 11.9 Å². The summed E-state index contributed by atoms with van der Waals surface area (Å²) in [5.74, 6) is -2.32. The molecule has 0 aliphatic heterocycles. The maximum absolute atomic E-state index is 12.9. The van der Waals surface area contributed by atoms with Gasteiger partial charge in [-0.15, -0.1) is 5.10 Å². The van der Waals surface area contributed by atoms with Gasteiger partial charge in [-0.1, -0.05) is 6.92 Å². The molecular weight excluding hydrogens is 415 g/mol. The lowest BCUT2D eigenvalue weighted by molar-refractivity contribution is -0.144. The monoisotopic (exact) mass is 435 g/mol. The first kappa shape index (κ1) is 22.2. The lowest BCUT2D eigenvalue weighted by Gasteiger charge is -2.11. The molecule has 0 atom stereocenters. The molecule has 0 aliphatic rings. The number of hydrogen-bond donors (Lipinski definition) is 1. The fraction of sp³-hybridized carbons (Fsp3) is 0.350. The van der Waals surface area contributed by atoms with E-state index in [1.807, 2.05) is 6.92 Å². The molecule has 0 bridgehead atoms. The number of anilines is 1. The van der Waals surface area contributed by atoms with E-state index < -0.39 is 23.9 Å². The molecule has 11 heteroatoms. The Morgan fingerprint density at radius 2 is 1.81 bits per heavy atom. The third kappa shape index (κ3) is 4.98. The van der Waals surface area contributed by atoms with Crippen LogP contribution < -0.4 is 5.32 Å². The van der Waals surface area contributed by atoms with Crippen LogP contribution in [0.5, 0.6) is 0 Å². The molecule has 164 valence electrons. The van der Waals surface area contributed by atoms with Gasteiger partial charge < -0.3 is 10.1 Å². The number of carbonyl (C=O) groups is 2. The first-order valence-electron chi connectivity index (χ1n) is 9.47. The average Bonchev–Trinajstić information content (AvgIpc) is 3.14. The molecule has 0 aliphatic carbocycles. The minimum absolute atomic E-state index is 0.123. The van der Waals surface area contributed by atoms with Crippen LogP contribution >= 0.6 is 0 Å². The van der Waals surface area contributed by atoms with Gasteiger partial charge in [0, 0.05) is 22.6 Å². The average molecular weight is 435 g/mol. The van der Waals surface area contributed by atoms with Gasteiger partial charge >= 0.3 is 12.1 Å². The normalized spacial score (nSPS) is 11.5. The van der Waals surface area contributed by atoms with Crippen LogP contribution in [0.25, 0.3) is 5.78 Å². The largest absolute Gasteiger partial charge is 0.462 e. The van der Waals surface area contributed by atoms with E-state index >= 15 is 0 Å². The van der Waals surface area contributed by atoms with Gasteiger partial charge in [0.25, 0.3) is 11.6 Å². The van der Waals surface area contributed by atoms with Gasteiger partial charge in [-0.25, -0.2) is 14.3 Å². The number of hydrogen-bond acceptors (Lipinski definition) is 6. The van der Waals surface area contributed by atoms with Crippen LogP contribution in [0.4, 0.5) is 18.9 Å². The first-order valence-corrected chi connectivity index (χ1v) is 9.47. The fourth-order valence-corrected chi connectivity index (χ4v) is 2.92. The number of nitrogens with one attached hydrogen (secondary N) is 1. The topological polar surface area (TPSA) is 98.5 Å². The zero-order valence-corrected chi connectivity index (χ0v) is 17.1. The van der Waals surface area contributed by atoms with Crippen molar-refractivity contribution >= 4 is 23.3 Å². The standard InChI is InChI=1S/C20H20F3N5O3/c1-4-9-31-17(30)13-5-7-14(8-6-13)25-16(29)10-15-11(2)24-19-26-18(20(21,22)23)27-28(19)12(15)3/h5-8H,4,9-10H2,1-3H3,(H,25,29). The first-order chi connectivity index (χ1) is 14.6. The molecule has 1 amide bonds. The molecule has 0 fully saturated rings. The number of nitrogens with zero attached hydrogens (tertiary/aromatic N) is 4. The minimum atomic E-state index is -4.69. The van der Waals surface area contributed by atoms with Crippen molar-refractivity contribution in [2.24, 2.45) is 0 Å². The highest BCUT2D eigenvalue weighted by Gasteiger charge is 2.37. The van der Waals surface area contributed by atoms with Crippen molar-refractivity contribution < 1.29 is 27.5 Å². The Labute approximate surface area is 175 Å². The minimum Gasteiger partial charge on any atom is -0.462 e. The predicted octanol–water partition coefficient (Wildman–Crippen LogP) is 3.51. The lowest BCUT2D eigenvalue weighted by Crippen LogP contribution is -2.18. The van der Waals surface area contributed by atoms with Crippen molar-refractivity contribution in [1.82, 2.24) is 19.6 Å². The number of amides is 1. The van der Waals surface area contributed by atoms with Gasteiger partial charge in [0.15, 0.2) is 0 Å². The molecule has 0 radical (unpaired) electrons. The second kappa shape index (κ2) is 8.70. The molecule has 3 rings (SSSR count). The Hall–Kier alpha value is -3.50. The quantitative estimate of drug-likeness (QED) is 0.595. The van der Waals surface area contributed by atoms with E-state index in [-0.39, 0.29) is 12.2 Å². The number of esters is 1. The smallest absolute Gasteiger partial charge is 0.453 e. The van der Waals surface area contributed by atoms with E-state index in [1.54, 1.807) is 26.0 Å².